The lowest BCUT2D eigenvalue weighted by Crippen LogP contribution is -2.48. The summed E-state index contributed by atoms with van der Waals surface area (Å²) in [6, 6.07) is 8.11. The number of nitrogens with zero attached hydrogens (tertiary/aromatic N) is 4. The van der Waals surface area contributed by atoms with Gasteiger partial charge in [0.05, 0.1) is 23.0 Å². The summed E-state index contributed by atoms with van der Waals surface area (Å²) in [5, 5.41) is 11.4. The molecule has 1 amide bonds. The van der Waals surface area contributed by atoms with Gasteiger partial charge in [0.2, 0.25) is 0 Å². The molecular weight excluding hydrogens is 537 g/mol. The normalized spacial score (nSPS) is 17.4. The molecule has 0 atom stereocenters. The third kappa shape index (κ3) is 5.27. The maximum Gasteiger partial charge on any atom is 0.416 e. The molecule has 0 radical (unpaired) electrons. The molecule has 2 aliphatic rings. The van der Waals surface area contributed by atoms with Gasteiger partial charge in [-0.25, -0.2) is 0 Å². The lowest BCUT2D eigenvalue weighted by molar-refractivity contribution is -0.383. The smallest absolute Gasteiger partial charge is 0.416 e. The van der Waals surface area contributed by atoms with E-state index in [9.17, 15) is 32.9 Å². The van der Waals surface area contributed by atoms with Crippen LogP contribution in [0.25, 0.3) is 10.1 Å². The average molecular weight is 563 g/mol. The molecule has 2 saturated heterocycles. The number of non-ortho nitro benzene ring substituents is 1. The van der Waals surface area contributed by atoms with Crippen molar-refractivity contribution in [3.05, 3.63) is 68.0 Å². The second-order valence-corrected chi connectivity index (χ2v) is 10.9. The lowest BCUT2D eigenvalue weighted by atomic mass is 9.71. The summed E-state index contributed by atoms with van der Waals surface area (Å²) in [4.78, 5) is 44.0. The minimum absolute atomic E-state index is 0.0228. The summed E-state index contributed by atoms with van der Waals surface area (Å²) in [7, 11) is 1.57. The van der Waals surface area contributed by atoms with E-state index in [1.807, 2.05) is 9.80 Å². The highest BCUT2D eigenvalue weighted by Gasteiger charge is 2.40. The molecule has 0 bridgehead atoms. The fourth-order valence-electron chi connectivity index (χ4n) is 5.35. The van der Waals surface area contributed by atoms with Crippen molar-refractivity contribution in [3.8, 4) is 5.75 Å². The standard InChI is InChI=1S/C26H25F3N4O5S/c1-38-18-4-2-16(3-5-18)23(35)31-10-6-25(7-11-31)8-12-32(13-9-25)24-30-22(34)19-14-17(26(27,28)29)15-20(33(36)37)21(19)39-24/h2-5,14-15H,6-13H2,1H3. The van der Waals surface area contributed by atoms with Gasteiger partial charge in [0.15, 0.2) is 5.13 Å². The van der Waals surface area contributed by atoms with Gasteiger partial charge in [0.1, 0.15) is 10.4 Å². The van der Waals surface area contributed by atoms with Crippen molar-refractivity contribution in [2.24, 2.45) is 5.41 Å². The number of rotatable bonds is 4. The Labute approximate surface area is 225 Å². The van der Waals surface area contributed by atoms with E-state index in [-0.39, 0.29) is 21.2 Å². The molecular formula is C26H25F3N4O5S. The van der Waals surface area contributed by atoms with Crippen LogP contribution in [0.15, 0.2) is 41.2 Å². The van der Waals surface area contributed by atoms with Crippen LogP contribution in [-0.2, 0) is 6.18 Å². The van der Waals surface area contributed by atoms with Gasteiger partial charge in [-0.1, -0.05) is 11.3 Å². The van der Waals surface area contributed by atoms with Crippen molar-refractivity contribution in [1.82, 2.24) is 9.88 Å². The number of methoxy groups -OCH3 is 1. The average Bonchev–Trinajstić information content (AvgIpc) is 2.92. The van der Waals surface area contributed by atoms with E-state index in [4.69, 9.17) is 4.74 Å². The highest BCUT2D eigenvalue weighted by atomic mass is 32.1. The molecule has 3 aromatic rings. The monoisotopic (exact) mass is 562 g/mol. The first-order valence-corrected chi connectivity index (χ1v) is 13.2. The Morgan fingerprint density at radius 2 is 1.69 bits per heavy atom. The SMILES string of the molecule is COc1ccc(C(=O)N2CCC3(CC2)CCN(c2nc(=O)c4cc(C(F)(F)F)cc([N+](=O)[O-])c4s2)CC3)cc1. The number of piperidine rings is 2. The van der Waals surface area contributed by atoms with Gasteiger partial charge >= 0.3 is 6.18 Å². The maximum atomic E-state index is 13.2. The fraction of sp³-hybridized carbons (Fsp3) is 0.423. The molecule has 9 nitrogen and oxygen atoms in total. The number of carbonyl (C=O) groups is 1. The molecule has 2 aromatic carbocycles. The van der Waals surface area contributed by atoms with Gasteiger partial charge < -0.3 is 14.5 Å². The minimum Gasteiger partial charge on any atom is -0.497 e. The Balaban J connectivity index is 1.29. The third-order valence-corrected chi connectivity index (χ3v) is 8.92. The molecule has 1 spiro atoms. The molecule has 2 fully saturated rings. The van der Waals surface area contributed by atoms with E-state index in [2.05, 4.69) is 4.98 Å². The second kappa shape index (κ2) is 10.1. The van der Waals surface area contributed by atoms with Gasteiger partial charge in [-0.15, -0.1) is 0 Å². The number of amides is 1. The number of ether oxygens (including phenoxy) is 1. The number of halogens is 3. The molecule has 13 heteroatoms. The summed E-state index contributed by atoms with van der Waals surface area (Å²) < 4.78 is 44.8. The van der Waals surface area contributed by atoms with Crippen molar-refractivity contribution in [2.75, 3.05) is 38.2 Å². The molecule has 3 heterocycles. The Bertz CT molecular complexity index is 1470. The zero-order valence-electron chi connectivity index (χ0n) is 21.0. The van der Waals surface area contributed by atoms with Crippen LogP contribution in [0.2, 0.25) is 0 Å². The number of hydrogen-bond acceptors (Lipinski definition) is 8. The van der Waals surface area contributed by atoms with Crippen LogP contribution in [0, 0.1) is 15.5 Å². The van der Waals surface area contributed by atoms with Crippen LogP contribution < -0.4 is 15.2 Å². The van der Waals surface area contributed by atoms with Crippen molar-refractivity contribution in [2.45, 2.75) is 31.9 Å². The summed E-state index contributed by atoms with van der Waals surface area (Å²) in [6.45, 7) is 2.35. The molecule has 1 aromatic heterocycles. The first kappa shape index (κ1) is 26.9. The summed E-state index contributed by atoms with van der Waals surface area (Å²) >= 11 is 0.865. The highest BCUT2D eigenvalue weighted by molar-refractivity contribution is 7.22. The summed E-state index contributed by atoms with van der Waals surface area (Å²) in [5.74, 6) is 0.660. The number of fused-ring (bicyclic) bond motifs is 1. The van der Waals surface area contributed by atoms with Crippen LogP contribution in [0.3, 0.4) is 0 Å². The Hall–Kier alpha value is -3.74. The van der Waals surface area contributed by atoms with E-state index < -0.39 is 33.3 Å². The first-order chi connectivity index (χ1) is 18.5. The highest BCUT2D eigenvalue weighted by Crippen LogP contribution is 2.44. The number of hydrogen-bond donors (Lipinski definition) is 0. The molecule has 2 aliphatic heterocycles. The van der Waals surface area contributed by atoms with E-state index in [1.165, 1.54) is 0 Å². The van der Waals surface area contributed by atoms with Crippen LogP contribution in [-0.4, -0.2) is 54.0 Å². The van der Waals surface area contributed by atoms with Crippen molar-refractivity contribution >= 4 is 38.1 Å². The zero-order valence-corrected chi connectivity index (χ0v) is 21.8. The van der Waals surface area contributed by atoms with E-state index in [0.29, 0.717) is 49.6 Å². The quantitative estimate of drug-likeness (QED) is 0.321. The Morgan fingerprint density at radius 1 is 1.08 bits per heavy atom. The number of nitro benzene ring substituents is 1. The number of alkyl halides is 3. The van der Waals surface area contributed by atoms with Crippen LogP contribution in [0.5, 0.6) is 5.75 Å². The minimum atomic E-state index is -4.83. The molecule has 0 N–H and O–H groups in total. The number of benzene rings is 2. The molecule has 0 unspecified atom stereocenters. The topological polar surface area (TPSA) is 106 Å². The van der Waals surface area contributed by atoms with Gasteiger partial charge in [0.25, 0.3) is 17.2 Å². The molecule has 39 heavy (non-hydrogen) atoms. The van der Waals surface area contributed by atoms with Crippen LogP contribution in [0.1, 0.15) is 41.6 Å². The summed E-state index contributed by atoms with van der Waals surface area (Å²) in [6.07, 6.45) is -1.60. The van der Waals surface area contributed by atoms with Gasteiger partial charge in [-0.3, -0.25) is 19.7 Å². The number of nitro groups is 1. The molecule has 5 rings (SSSR count). The predicted octanol–water partition coefficient (Wildman–Crippen LogP) is 5.11. The largest absolute Gasteiger partial charge is 0.497 e. The van der Waals surface area contributed by atoms with Gasteiger partial charge in [-0.05, 0) is 61.4 Å². The zero-order chi connectivity index (χ0) is 27.9. The number of carbonyl (C=O) groups excluding carboxylic acids is 1. The van der Waals surface area contributed by atoms with E-state index in [1.54, 1.807) is 31.4 Å². The number of anilines is 1. The number of likely N-dealkylation sites (tertiary alicyclic amines) is 1. The van der Waals surface area contributed by atoms with Gasteiger partial charge in [-0.2, -0.15) is 18.2 Å². The molecule has 0 aliphatic carbocycles. The Morgan fingerprint density at radius 3 is 2.26 bits per heavy atom. The first-order valence-electron chi connectivity index (χ1n) is 12.4. The van der Waals surface area contributed by atoms with E-state index in [0.717, 1.165) is 37.0 Å². The lowest BCUT2D eigenvalue weighted by Gasteiger charge is -2.47. The predicted molar refractivity (Wildman–Crippen MR) is 140 cm³/mol. The molecule has 206 valence electrons. The molecule has 0 saturated carbocycles. The van der Waals surface area contributed by atoms with E-state index >= 15 is 0 Å². The maximum absolute atomic E-state index is 13.2. The van der Waals surface area contributed by atoms with Gasteiger partial charge in [0, 0.05) is 37.8 Å². The second-order valence-electron chi connectivity index (χ2n) is 9.94. The van der Waals surface area contributed by atoms with Crippen LogP contribution in [0.4, 0.5) is 24.0 Å². The van der Waals surface area contributed by atoms with Crippen LogP contribution >= 0.6 is 11.3 Å². The van der Waals surface area contributed by atoms with Crippen molar-refractivity contribution in [1.29, 1.82) is 0 Å². The number of aromatic nitrogens is 1. The van der Waals surface area contributed by atoms with Crippen molar-refractivity contribution in [3.63, 3.8) is 0 Å². The third-order valence-electron chi connectivity index (χ3n) is 7.76. The van der Waals surface area contributed by atoms with Crippen molar-refractivity contribution < 1.29 is 27.6 Å². The fourth-order valence-corrected chi connectivity index (χ4v) is 6.47. The summed E-state index contributed by atoms with van der Waals surface area (Å²) in [5.41, 5.74) is -2.29. The Kier molecular flexibility index (Phi) is 6.95.